The molecule has 0 heterocycles. The third kappa shape index (κ3) is 3.85. The third-order valence-electron chi connectivity index (χ3n) is 4.11. The minimum Gasteiger partial charge on any atom is -0.478 e. The molecule has 0 aliphatic heterocycles. The first kappa shape index (κ1) is 17.9. The Hall–Kier alpha value is -3.93. The summed E-state index contributed by atoms with van der Waals surface area (Å²) in [5.41, 5.74) is 2.84. The van der Waals surface area contributed by atoms with Crippen LogP contribution in [0.1, 0.15) is 31.1 Å². The molecule has 0 amide bonds. The molecule has 0 bridgehead atoms. The monoisotopic (exact) mass is 362 g/mol. The standard InChI is InChI=1S/C21H14O6/c22-19(23)15-7-5-13(6-8-15)12-1-3-14(4-2-12)16-9-17(20(24)25)11-18(10-16)21(26)27/h1-11H,(H,22,23)(H,24,25)(H,26,27). The van der Waals surface area contributed by atoms with Gasteiger partial charge in [-0.25, -0.2) is 14.4 Å². The number of carboxylic acid groups (broad SMARTS) is 3. The SMILES string of the molecule is O=C(O)c1ccc(-c2ccc(-c3cc(C(=O)O)cc(C(=O)O)c3)cc2)cc1. The van der Waals surface area contributed by atoms with Crippen molar-refractivity contribution in [2.45, 2.75) is 0 Å². The van der Waals surface area contributed by atoms with Gasteiger partial charge in [0.2, 0.25) is 0 Å². The summed E-state index contributed by atoms with van der Waals surface area (Å²) in [5, 5.41) is 27.3. The Kier molecular flexibility index (Phi) is 4.72. The van der Waals surface area contributed by atoms with Crippen LogP contribution in [0.3, 0.4) is 0 Å². The Morgan fingerprint density at radius 3 is 1.15 bits per heavy atom. The quantitative estimate of drug-likeness (QED) is 0.629. The van der Waals surface area contributed by atoms with Gasteiger partial charge < -0.3 is 15.3 Å². The molecule has 0 aromatic heterocycles. The molecule has 3 N–H and O–H groups in total. The fourth-order valence-corrected chi connectivity index (χ4v) is 2.70. The molecule has 0 saturated carbocycles. The lowest BCUT2D eigenvalue weighted by Gasteiger charge is -2.08. The first-order chi connectivity index (χ1) is 12.8. The van der Waals surface area contributed by atoms with Crippen LogP contribution in [0.4, 0.5) is 0 Å². The number of hydrogen-bond donors (Lipinski definition) is 3. The minimum absolute atomic E-state index is 0.0989. The summed E-state index contributed by atoms with van der Waals surface area (Å²) in [7, 11) is 0. The highest BCUT2D eigenvalue weighted by molar-refractivity contribution is 5.96. The summed E-state index contributed by atoms with van der Waals surface area (Å²) in [4.78, 5) is 33.4. The molecular weight excluding hydrogens is 348 g/mol. The van der Waals surface area contributed by atoms with E-state index in [9.17, 15) is 24.6 Å². The molecule has 6 heteroatoms. The summed E-state index contributed by atoms with van der Waals surface area (Å²) in [6.07, 6.45) is 0. The zero-order valence-corrected chi connectivity index (χ0v) is 13.9. The highest BCUT2D eigenvalue weighted by Gasteiger charge is 2.12. The van der Waals surface area contributed by atoms with Crippen molar-refractivity contribution in [2.75, 3.05) is 0 Å². The zero-order chi connectivity index (χ0) is 19.6. The normalized spacial score (nSPS) is 10.4. The second-order valence-corrected chi connectivity index (χ2v) is 5.87. The minimum atomic E-state index is -1.20. The van der Waals surface area contributed by atoms with Crippen molar-refractivity contribution in [3.05, 3.63) is 83.4 Å². The van der Waals surface area contributed by atoms with Gasteiger partial charge in [-0.1, -0.05) is 36.4 Å². The lowest BCUT2D eigenvalue weighted by Crippen LogP contribution is -2.03. The Balaban J connectivity index is 1.96. The molecule has 134 valence electrons. The molecule has 0 aliphatic carbocycles. The molecule has 0 fully saturated rings. The maximum Gasteiger partial charge on any atom is 0.335 e. The zero-order valence-electron chi connectivity index (χ0n) is 13.9. The highest BCUT2D eigenvalue weighted by atomic mass is 16.4. The molecule has 0 spiro atoms. The fraction of sp³-hybridized carbons (Fsp3) is 0. The second kappa shape index (κ2) is 7.13. The van der Waals surface area contributed by atoms with Crippen molar-refractivity contribution < 1.29 is 29.7 Å². The molecule has 0 atom stereocenters. The van der Waals surface area contributed by atoms with Gasteiger partial charge in [-0.3, -0.25) is 0 Å². The largest absolute Gasteiger partial charge is 0.478 e. The van der Waals surface area contributed by atoms with Crippen LogP contribution < -0.4 is 0 Å². The lowest BCUT2D eigenvalue weighted by molar-refractivity contribution is 0.0682. The molecule has 0 saturated heterocycles. The van der Waals surface area contributed by atoms with E-state index in [-0.39, 0.29) is 16.7 Å². The van der Waals surface area contributed by atoms with E-state index in [1.807, 2.05) is 0 Å². The van der Waals surface area contributed by atoms with Gasteiger partial charge in [0.15, 0.2) is 0 Å². The number of benzene rings is 3. The van der Waals surface area contributed by atoms with Gasteiger partial charge in [-0.15, -0.1) is 0 Å². The van der Waals surface area contributed by atoms with Crippen molar-refractivity contribution in [3.63, 3.8) is 0 Å². The summed E-state index contributed by atoms with van der Waals surface area (Å²) in [5.74, 6) is -3.39. The van der Waals surface area contributed by atoms with Crippen LogP contribution in [-0.2, 0) is 0 Å². The molecular formula is C21H14O6. The second-order valence-electron chi connectivity index (χ2n) is 5.87. The van der Waals surface area contributed by atoms with Crippen LogP contribution in [0.25, 0.3) is 22.3 Å². The topological polar surface area (TPSA) is 112 Å². The van der Waals surface area contributed by atoms with E-state index in [0.29, 0.717) is 11.1 Å². The number of aromatic carboxylic acids is 3. The maximum atomic E-state index is 11.2. The number of hydrogen-bond acceptors (Lipinski definition) is 3. The predicted octanol–water partition coefficient (Wildman–Crippen LogP) is 4.12. The molecule has 0 aliphatic rings. The third-order valence-corrected chi connectivity index (χ3v) is 4.11. The summed E-state index contributed by atoms with van der Waals surface area (Å²) in [6.45, 7) is 0. The van der Waals surface area contributed by atoms with Gasteiger partial charge in [0.05, 0.1) is 16.7 Å². The number of rotatable bonds is 5. The van der Waals surface area contributed by atoms with Crippen molar-refractivity contribution in [1.29, 1.82) is 0 Å². The summed E-state index contributed by atoms with van der Waals surface area (Å²) < 4.78 is 0. The summed E-state index contributed by atoms with van der Waals surface area (Å²) in [6, 6.07) is 17.5. The average Bonchev–Trinajstić information content (AvgIpc) is 2.67. The van der Waals surface area contributed by atoms with Crippen LogP contribution >= 0.6 is 0 Å². The number of carbonyl (C=O) groups is 3. The van der Waals surface area contributed by atoms with Crippen molar-refractivity contribution in [1.82, 2.24) is 0 Å². The van der Waals surface area contributed by atoms with Gasteiger partial charge in [0.1, 0.15) is 0 Å². The molecule has 3 aromatic carbocycles. The van der Waals surface area contributed by atoms with Crippen LogP contribution in [0.2, 0.25) is 0 Å². The van der Waals surface area contributed by atoms with Crippen molar-refractivity contribution in [2.24, 2.45) is 0 Å². The van der Waals surface area contributed by atoms with Gasteiger partial charge in [0, 0.05) is 0 Å². The number of carboxylic acids is 3. The van der Waals surface area contributed by atoms with Gasteiger partial charge >= 0.3 is 17.9 Å². The van der Waals surface area contributed by atoms with E-state index in [1.54, 1.807) is 36.4 Å². The maximum absolute atomic E-state index is 11.2. The van der Waals surface area contributed by atoms with Crippen LogP contribution in [0, 0.1) is 0 Å². The van der Waals surface area contributed by atoms with E-state index in [0.717, 1.165) is 17.2 Å². The molecule has 3 aromatic rings. The molecule has 0 unspecified atom stereocenters. The first-order valence-corrected chi connectivity index (χ1v) is 7.91. The molecule has 6 nitrogen and oxygen atoms in total. The van der Waals surface area contributed by atoms with Crippen molar-refractivity contribution in [3.8, 4) is 22.3 Å². The summed E-state index contributed by atoms with van der Waals surface area (Å²) >= 11 is 0. The van der Waals surface area contributed by atoms with Crippen LogP contribution in [-0.4, -0.2) is 33.2 Å². The Morgan fingerprint density at radius 1 is 0.444 bits per heavy atom. The highest BCUT2D eigenvalue weighted by Crippen LogP contribution is 2.27. The van der Waals surface area contributed by atoms with Crippen LogP contribution in [0.15, 0.2) is 66.7 Å². The van der Waals surface area contributed by atoms with Gasteiger partial charge in [-0.05, 0) is 52.6 Å². The average molecular weight is 362 g/mol. The van der Waals surface area contributed by atoms with E-state index < -0.39 is 17.9 Å². The van der Waals surface area contributed by atoms with E-state index in [2.05, 4.69) is 0 Å². The Morgan fingerprint density at radius 2 is 0.778 bits per heavy atom. The van der Waals surface area contributed by atoms with E-state index in [4.69, 9.17) is 5.11 Å². The van der Waals surface area contributed by atoms with Gasteiger partial charge in [-0.2, -0.15) is 0 Å². The lowest BCUT2D eigenvalue weighted by atomic mass is 9.97. The Bertz CT molecular complexity index is 1000. The van der Waals surface area contributed by atoms with E-state index >= 15 is 0 Å². The van der Waals surface area contributed by atoms with Gasteiger partial charge in [0.25, 0.3) is 0 Å². The van der Waals surface area contributed by atoms with Crippen LogP contribution in [0.5, 0.6) is 0 Å². The van der Waals surface area contributed by atoms with Crippen molar-refractivity contribution >= 4 is 17.9 Å². The van der Waals surface area contributed by atoms with E-state index in [1.165, 1.54) is 24.3 Å². The predicted molar refractivity (Wildman–Crippen MR) is 98.2 cm³/mol. The molecule has 3 rings (SSSR count). The molecule has 0 radical (unpaired) electrons. The Labute approximate surface area is 154 Å². The smallest absolute Gasteiger partial charge is 0.335 e. The fourth-order valence-electron chi connectivity index (χ4n) is 2.70. The first-order valence-electron chi connectivity index (χ1n) is 7.91. The molecule has 27 heavy (non-hydrogen) atoms.